The molecule has 0 aliphatic carbocycles. The van der Waals surface area contributed by atoms with Crippen LogP contribution in [0.1, 0.15) is 31.3 Å². The molecule has 0 saturated heterocycles. The second-order valence-corrected chi connectivity index (χ2v) is 4.28. The zero-order chi connectivity index (χ0) is 12.3. The normalized spacial score (nSPS) is 10.6. The quantitative estimate of drug-likeness (QED) is 0.803. The Kier molecular flexibility index (Phi) is 3.38. The molecule has 0 saturated carbocycles. The molecule has 2 aromatic rings. The summed E-state index contributed by atoms with van der Waals surface area (Å²) in [7, 11) is 0. The lowest BCUT2D eigenvalue weighted by atomic mass is 10.2. The molecule has 1 aromatic heterocycles. The number of nitrogens with zero attached hydrogens (tertiary/aromatic N) is 2. The lowest BCUT2D eigenvalue weighted by Crippen LogP contribution is -2.01. The van der Waals surface area contributed by atoms with Gasteiger partial charge in [0.05, 0.1) is 0 Å². The standard InChI is InChI=1S/C14H16N2O/c1-10(2)14-15-11(3)9-13(16-14)17-12-7-5-4-6-8-12/h4-10H,1-3H3. The van der Waals surface area contributed by atoms with Crippen molar-refractivity contribution in [2.75, 3.05) is 0 Å². The molecule has 3 nitrogen and oxygen atoms in total. The average molecular weight is 228 g/mol. The van der Waals surface area contributed by atoms with Crippen LogP contribution in [-0.4, -0.2) is 9.97 Å². The molecule has 1 aromatic carbocycles. The minimum atomic E-state index is 0.299. The summed E-state index contributed by atoms with van der Waals surface area (Å²) in [5.41, 5.74) is 0.926. The Morgan fingerprint density at radius 1 is 1.06 bits per heavy atom. The number of para-hydroxylation sites is 1. The number of aryl methyl sites for hydroxylation is 1. The third-order valence-corrected chi connectivity index (χ3v) is 2.33. The lowest BCUT2D eigenvalue weighted by Gasteiger charge is -2.09. The maximum Gasteiger partial charge on any atom is 0.222 e. The van der Waals surface area contributed by atoms with Crippen LogP contribution in [0.2, 0.25) is 0 Å². The fourth-order valence-corrected chi connectivity index (χ4v) is 1.48. The number of hydrogen-bond donors (Lipinski definition) is 0. The zero-order valence-corrected chi connectivity index (χ0v) is 10.3. The van der Waals surface area contributed by atoms with Gasteiger partial charge < -0.3 is 4.74 Å². The van der Waals surface area contributed by atoms with Gasteiger partial charge in [-0.1, -0.05) is 32.0 Å². The van der Waals surface area contributed by atoms with Gasteiger partial charge in [-0.15, -0.1) is 0 Å². The smallest absolute Gasteiger partial charge is 0.222 e. The van der Waals surface area contributed by atoms with E-state index in [1.54, 1.807) is 0 Å². The molecule has 17 heavy (non-hydrogen) atoms. The first-order chi connectivity index (χ1) is 8.15. The molecule has 3 heteroatoms. The summed E-state index contributed by atoms with van der Waals surface area (Å²) in [6.45, 7) is 6.09. The maximum absolute atomic E-state index is 5.70. The van der Waals surface area contributed by atoms with E-state index in [2.05, 4.69) is 23.8 Å². The summed E-state index contributed by atoms with van der Waals surface area (Å²) in [5, 5.41) is 0. The van der Waals surface area contributed by atoms with Gasteiger partial charge in [0, 0.05) is 17.7 Å². The predicted octanol–water partition coefficient (Wildman–Crippen LogP) is 3.70. The van der Waals surface area contributed by atoms with Crippen molar-refractivity contribution in [2.24, 2.45) is 0 Å². The second kappa shape index (κ2) is 4.95. The van der Waals surface area contributed by atoms with Crippen molar-refractivity contribution in [1.82, 2.24) is 9.97 Å². The van der Waals surface area contributed by atoms with Gasteiger partial charge in [-0.3, -0.25) is 0 Å². The summed E-state index contributed by atoms with van der Waals surface area (Å²) >= 11 is 0. The highest BCUT2D eigenvalue weighted by atomic mass is 16.5. The van der Waals surface area contributed by atoms with Crippen molar-refractivity contribution in [1.29, 1.82) is 0 Å². The van der Waals surface area contributed by atoms with E-state index < -0.39 is 0 Å². The molecule has 0 radical (unpaired) electrons. The molecule has 0 fully saturated rings. The molecule has 2 rings (SSSR count). The highest BCUT2D eigenvalue weighted by molar-refractivity contribution is 5.27. The van der Waals surface area contributed by atoms with Crippen LogP contribution in [0, 0.1) is 6.92 Å². The molecule has 0 atom stereocenters. The van der Waals surface area contributed by atoms with E-state index in [0.29, 0.717) is 11.8 Å². The molecule has 0 aliphatic heterocycles. The SMILES string of the molecule is Cc1cc(Oc2ccccc2)nc(C(C)C)n1. The molecule has 0 unspecified atom stereocenters. The van der Waals surface area contributed by atoms with Crippen molar-refractivity contribution < 1.29 is 4.74 Å². The summed E-state index contributed by atoms with van der Waals surface area (Å²) in [4.78, 5) is 8.78. The fraction of sp³-hybridized carbons (Fsp3) is 0.286. The summed E-state index contributed by atoms with van der Waals surface area (Å²) in [6.07, 6.45) is 0. The van der Waals surface area contributed by atoms with Crippen LogP contribution in [0.25, 0.3) is 0 Å². The van der Waals surface area contributed by atoms with Gasteiger partial charge >= 0.3 is 0 Å². The van der Waals surface area contributed by atoms with E-state index in [-0.39, 0.29) is 0 Å². The summed E-state index contributed by atoms with van der Waals surface area (Å²) < 4.78 is 5.70. The summed E-state index contributed by atoms with van der Waals surface area (Å²) in [6, 6.07) is 11.5. The number of benzene rings is 1. The van der Waals surface area contributed by atoms with Crippen LogP contribution in [0.15, 0.2) is 36.4 Å². The first-order valence-electron chi connectivity index (χ1n) is 5.73. The molecule has 1 heterocycles. The highest BCUT2D eigenvalue weighted by Gasteiger charge is 2.07. The van der Waals surface area contributed by atoms with Crippen molar-refractivity contribution in [3.05, 3.63) is 47.9 Å². The van der Waals surface area contributed by atoms with Gasteiger partial charge in [0.1, 0.15) is 11.6 Å². The van der Waals surface area contributed by atoms with Crippen LogP contribution >= 0.6 is 0 Å². The van der Waals surface area contributed by atoms with E-state index in [1.165, 1.54) is 0 Å². The first kappa shape index (κ1) is 11.6. The number of rotatable bonds is 3. The van der Waals surface area contributed by atoms with Gasteiger partial charge in [0.15, 0.2) is 0 Å². The van der Waals surface area contributed by atoms with Crippen molar-refractivity contribution in [3.8, 4) is 11.6 Å². The lowest BCUT2D eigenvalue weighted by molar-refractivity contribution is 0.456. The molecular formula is C14H16N2O. The van der Waals surface area contributed by atoms with Gasteiger partial charge in [-0.05, 0) is 19.1 Å². The Labute approximate surface area is 102 Å². The Morgan fingerprint density at radius 3 is 2.41 bits per heavy atom. The van der Waals surface area contributed by atoms with E-state index in [1.807, 2.05) is 43.3 Å². The van der Waals surface area contributed by atoms with Crippen LogP contribution in [0.5, 0.6) is 11.6 Å². The Balaban J connectivity index is 2.27. The van der Waals surface area contributed by atoms with E-state index >= 15 is 0 Å². The fourth-order valence-electron chi connectivity index (χ4n) is 1.48. The van der Waals surface area contributed by atoms with Gasteiger partial charge in [0.25, 0.3) is 0 Å². The van der Waals surface area contributed by atoms with Crippen LogP contribution in [-0.2, 0) is 0 Å². The number of aromatic nitrogens is 2. The third kappa shape index (κ3) is 3.03. The highest BCUT2D eigenvalue weighted by Crippen LogP contribution is 2.21. The minimum Gasteiger partial charge on any atom is -0.439 e. The van der Waals surface area contributed by atoms with Crippen LogP contribution < -0.4 is 4.74 Å². The van der Waals surface area contributed by atoms with Crippen molar-refractivity contribution >= 4 is 0 Å². The molecule has 0 amide bonds. The number of ether oxygens (including phenoxy) is 1. The van der Waals surface area contributed by atoms with Crippen molar-refractivity contribution in [2.45, 2.75) is 26.7 Å². The first-order valence-corrected chi connectivity index (χ1v) is 5.73. The molecule has 0 spiro atoms. The average Bonchev–Trinajstić information content (AvgIpc) is 2.29. The van der Waals surface area contributed by atoms with Gasteiger partial charge in [0.2, 0.25) is 5.88 Å². The van der Waals surface area contributed by atoms with Crippen LogP contribution in [0.4, 0.5) is 0 Å². The van der Waals surface area contributed by atoms with Crippen LogP contribution in [0.3, 0.4) is 0 Å². The van der Waals surface area contributed by atoms with E-state index in [9.17, 15) is 0 Å². The molecule has 0 bridgehead atoms. The Bertz CT molecular complexity index is 495. The zero-order valence-electron chi connectivity index (χ0n) is 10.3. The Morgan fingerprint density at radius 2 is 1.76 bits per heavy atom. The predicted molar refractivity (Wildman–Crippen MR) is 67.4 cm³/mol. The Hall–Kier alpha value is -1.90. The van der Waals surface area contributed by atoms with E-state index in [0.717, 1.165) is 17.3 Å². The molecule has 0 N–H and O–H groups in total. The maximum atomic E-state index is 5.70. The monoisotopic (exact) mass is 228 g/mol. The minimum absolute atomic E-state index is 0.299. The van der Waals surface area contributed by atoms with Gasteiger partial charge in [-0.25, -0.2) is 4.98 Å². The van der Waals surface area contributed by atoms with Crippen molar-refractivity contribution in [3.63, 3.8) is 0 Å². The molecular weight excluding hydrogens is 212 g/mol. The topological polar surface area (TPSA) is 35.0 Å². The molecule has 88 valence electrons. The van der Waals surface area contributed by atoms with Gasteiger partial charge in [-0.2, -0.15) is 4.98 Å². The largest absolute Gasteiger partial charge is 0.439 e. The summed E-state index contributed by atoms with van der Waals surface area (Å²) in [5.74, 6) is 2.51. The van der Waals surface area contributed by atoms with E-state index in [4.69, 9.17) is 4.74 Å². The molecule has 0 aliphatic rings. The third-order valence-electron chi connectivity index (χ3n) is 2.33. The number of hydrogen-bond acceptors (Lipinski definition) is 3. The second-order valence-electron chi connectivity index (χ2n) is 4.28.